The van der Waals surface area contributed by atoms with Crippen LogP contribution in [0.25, 0.3) is 5.69 Å². The maximum atomic E-state index is 10.9. The minimum Gasteiger partial charge on any atom is -0.439 e. The summed E-state index contributed by atoms with van der Waals surface area (Å²) in [7, 11) is 0. The van der Waals surface area contributed by atoms with Gasteiger partial charge >= 0.3 is 0 Å². The van der Waals surface area contributed by atoms with Gasteiger partial charge in [0.05, 0.1) is 23.0 Å². The zero-order chi connectivity index (χ0) is 24.1. The third kappa shape index (κ3) is 5.56. The van der Waals surface area contributed by atoms with Crippen molar-refractivity contribution in [2.24, 2.45) is 0 Å². The molecule has 1 atom stereocenters. The van der Waals surface area contributed by atoms with Crippen LogP contribution in [0.5, 0.6) is 11.6 Å². The Bertz CT molecular complexity index is 1190. The van der Waals surface area contributed by atoms with Crippen LogP contribution in [0.2, 0.25) is 0 Å². The van der Waals surface area contributed by atoms with Crippen molar-refractivity contribution in [1.29, 1.82) is 0 Å². The van der Waals surface area contributed by atoms with E-state index in [9.17, 15) is 5.11 Å². The average Bonchev–Trinajstić information content (AvgIpc) is 3.15. The van der Waals surface area contributed by atoms with E-state index in [0.29, 0.717) is 19.0 Å². The molecule has 1 aromatic heterocycles. The molecule has 0 amide bonds. The quantitative estimate of drug-likeness (QED) is 0.325. The maximum Gasteiger partial charge on any atom is 0.227 e. The summed E-state index contributed by atoms with van der Waals surface area (Å²) in [5.41, 5.74) is 4.96. The van der Waals surface area contributed by atoms with Crippen LogP contribution in [0.4, 0.5) is 0 Å². The number of aromatic nitrogens is 2. The molecule has 0 aliphatic heterocycles. The number of hydrogen-bond donors (Lipinski definition) is 1. The van der Waals surface area contributed by atoms with Crippen molar-refractivity contribution >= 4 is 0 Å². The zero-order valence-corrected chi connectivity index (χ0v) is 20.3. The van der Waals surface area contributed by atoms with Gasteiger partial charge in [-0.05, 0) is 57.5 Å². The van der Waals surface area contributed by atoms with Crippen molar-refractivity contribution in [2.45, 2.75) is 46.4 Å². The van der Waals surface area contributed by atoms with Crippen molar-refractivity contribution in [3.05, 3.63) is 107 Å². The molecule has 0 saturated carbocycles. The summed E-state index contributed by atoms with van der Waals surface area (Å²) in [6.07, 6.45) is -0.574. The SMILES string of the molecule is Cc1ccc(Oc2c(CN(CC(O)c3ccccc3)C(C)C)c(C)nn2-c2ccccc2)cc1. The predicted octanol–water partition coefficient (Wildman–Crippen LogP) is 6.23. The molecule has 1 heterocycles. The molecule has 34 heavy (non-hydrogen) atoms. The lowest BCUT2D eigenvalue weighted by atomic mass is 10.1. The highest BCUT2D eigenvalue weighted by atomic mass is 16.5. The fourth-order valence-corrected chi connectivity index (χ4v) is 3.95. The predicted molar refractivity (Wildman–Crippen MR) is 137 cm³/mol. The molecule has 4 rings (SSSR count). The summed E-state index contributed by atoms with van der Waals surface area (Å²) in [5.74, 6) is 1.47. The Morgan fingerprint density at radius 2 is 1.50 bits per heavy atom. The average molecular weight is 456 g/mol. The number of rotatable bonds is 9. The molecule has 0 saturated heterocycles. The lowest BCUT2D eigenvalue weighted by Gasteiger charge is -2.29. The van der Waals surface area contributed by atoms with Crippen LogP contribution in [-0.4, -0.2) is 32.4 Å². The van der Waals surface area contributed by atoms with Gasteiger partial charge in [0.1, 0.15) is 5.75 Å². The third-order valence-electron chi connectivity index (χ3n) is 6.06. The molecular formula is C29H33N3O2. The van der Waals surface area contributed by atoms with Gasteiger partial charge in [0.25, 0.3) is 0 Å². The number of benzene rings is 3. The summed E-state index contributed by atoms with van der Waals surface area (Å²) in [5, 5.41) is 15.8. The van der Waals surface area contributed by atoms with Gasteiger partial charge in [-0.15, -0.1) is 0 Å². The van der Waals surface area contributed by atoms with E-state index in [4.69, 9.17) is 9.84 Å². The summed E-state index contributed by atoms with van der Waals surface area (Å²) >= 11 is 0. The van der Waals surface area contributed by atoms with Crippen LogP contribution < -0.4 is 4.74 Å². The Morgan fingerprint density at radius 3 is 2.12 bits per heavy atom. The molecule has 0 radical (unpaired) electrons. The third-order valence-corrected chi connectivity index (χ3v) is 6.06. The molecule has 3 aromatic carbocycles. The van der Waals surface area contributed by atoms with Crippen molar-refractivity contribution in [1.82, 2.24) is 14.7 Å². The van der Waals surface area contributed by atoms with E-state index >= 15 is 0 Å². The van der Waals surface area contributed by atoms with Gasteiger partial charge in [-0.25, -0.2) is 4.68 Å². The van der Waals surface area contributed by atoms with Crippen LogP contribution in [0, 0.1) is 13.8 Å². The van der Waals surface area contributed by atoms with E-state index in [1.807, 2.05) is 96.5 Å². The van der Waals surface area contributed by atoms with E-state index in [0.717, 1.165) is 28.3 Å². The summed E-state index contributed by atoms with van der Waals surface area (Å²) in [6, 6.07) is 28.1. The number of ether oxygens (including phenoxy) is 1. The van der Waals surface area contributed by atoms with Crippen molar-refractivity contribution in [3.63, 3.8) is 0 Å². The van der Waals surface area contributed by atoms with E-state index < -0.39 is 6.10 Å². The van der Waals surface area contributed by atoms with Crippen LogP contribution in [0.3, 0.4) is 0 Å². The topological polar surface area (TPSA) is 50.5 Å². The van der Waals surface area contributed by atoms with Crippen LogP contribution in [-0.2, 0) is 6.54 Å². The van der Waals surface area contributed by atoms with Gasteiger partial charge in [0, 0.05) is 19.1 Å². The normalized spacial score (nSPS) is 12.3. The highest BCUT2D eigenvalue weighted by Crippen LogP contribution is 2.32. The second kappa shape index (κ2) is 10.7. The molecule has 0 fully saturated rings. The Hall–Kier alpha value is -3.41. The van der Waals surface area contributed by atoms with Crippen LogP contribution in [0.15, 0.2) is 84.9 Å². The number of nitrogens with zero attached hydrogens (tertiary/aromatic N) is 3. The molecule has 0 spiro atoms. The molecule has 0 aliphatic carbocycles. The molecule has 0 bridgehead atoms. The lowest BCUT2D eigenvalue weighted by molar-refractivity contribution is 0.0902. The van der Waals surface area contributed by atoms with Crippen molar-refractivity contribution in [2.75, 3.05) is 6.54 Å². The summed E-state index contributed by atoms with van der Waals surface area (Å²) in [4.78, 5) is 2.26. The standard InChI is InChI=1S/C29H33N3O2/c1-21(2)31(20-28(33)24-11-7-5-8-12-24)19-27-23(4)30-32(25-13-9-6-10-14-25)29(27)34-26-17-15-22(3)16-18-26/h5-18,21,28,33H,19-20H2,1-4H3. The highest BCUT2D eigenvalue weighted by molar-refractivity contribution is 5.43. The minimum absolute atomic E-state index is 0.227. The fraction of sp³-hybridized carbons (Fsp3) is 0.276. The molecule has 1 unspecified atom stereocenters. The Labute approximate surface area is 202 Å². The zero-order valence-electron chi connectivity index (χ0n) is 20.3. The van der Waals surface area contributed by atoms with E-state index in [1.165, 1.54) is 5.56 Å². The highest BCUT2D eigenvalue weighted by Gasteiger charge is 2.24. The molecule has 5 nitrogen and oxygen atoms in total. The van der Waals surface area contributed by atoms with Gasteiger partial charge in [-0.1, -0.05) is 66.2 Å². The number of aryl methyl sites for hydroxylation is 2. The Balaban J connectivity index is 1.69. The fourth-order valence-electron chi connectivity index (χ4n) is 3.95. The van der Waals surface area contributed by atoms with Gasteiger partial charge in [-0.3, -0.25) is 4.90 Å². The number of aliphatic hydroxyl groups is 1. The first-order valence-corrected chi connectivity index (χ1v) is 11.8. The first-order valence-electron chi connectivity index (χ1n) is 11.8. The second-order valence-electron chi connectivity index (χ2n) is 8.98. The smallest absolute Gasteiger partial charge is 0.227 e. The monoisotopic (exact) mass is 455 g/mol. The first-order chi connectivity index (χ1) is 16.4. The number of para-hydroxylation sites is 1. The van der Waals surface area contributed by atoms with Gasteiger partial charge in [0.2, 0.25) is 5.88 Å². The van der Waals surface area contributed by atoms with Gasteiger partial charge in [-0.2, -0.15) is 5.10 Å². The molecule has 4 aromatic rings. The van der Waals surface area contributed by atoms with E-state index in [-0.39, 0.29) is 6.04 Å². The van der Waals surface area contributed by atoms with E-state index in [1.54, 1.807) is 0 Å². The first kappa shape index (κ1) is 23.7. The van der Waals surface area contributed by atoms with Crippen LogP contribution >= 0.6 is 0 Å². The van der Waals surface area contributed by atoms with E-state index in [2.05, 4.69) is 25.7 Å². The molecular weight excluding hydrogens is 422 g/mol. The lowest BCUT2D eigenvalue weighted by Crippen LogP contribution is -2.34. The number of hydrogen-bond acceptors (Lipinski definition) is 4. The van der Waals surface area contributed by atoms with Gasteiger partial charge in [0.15, 0.2) is 0 Å². The van der Waals surface area contributed by atoms with Gasteiger partial charge < -0.3 is 9.84 Å². The van der Waals surface area contributed by atoms with Crippen molar-refractivity contribution < 1.29 is 9.84 Å². The Morgan fingerprint density at radius 1 is 0.882 bits per heavy atom. The minimum atomic E-state index is -0.574. The summed E-state index contributed by atoms with van der Waals surface area (Å²) in [6.45, 7) is 9.50. The maximum absolute atomic E-state index is 10.9. The second-order valence-corrected chi connectivity index (χ2v) is 8.98. The molecule has 0 aliphatic rings. The van der Waals surface area contributed by atoms with Crippen LogP contribution in [0.1, 0.15) is 42.3 Å². The summed E-state index contributed by atoms with van der Waals surface area (Å²) < 4.78 is 8.32. The Kier molecular flexibility index (Phi) is 7.46. The molecule has 176 valence electrons. The molecule has 5 heteroatoms. The number of aliphatic hydroxyl groups excluding tert-OH is 1. The molecule has 1 N–H and O–H groups in total. The van der Waals surface area contributed by atoms with Crippen molar-refractivity contribution in [3.8, 4) is 17.3 Å². The largest absolute Gasteiger partial charge is 0.439 e.